The predicted molar refractivity (Wildman–Crippen MR) is 184 cm³/mol. The second kappa shape index (κ2) is 17.8. The zero-order valence-electron chi connectivity index (χ0n) is 29.0. The maximum Gasteiger partial charge on any atom is 0.364 e. The van der Waals surface area contributed by atoms with Gasteiger partial charge in [0, 0.05) is 13.0 Å². The van der Waals surface area contributed by atoms with Crippen molar-refractivity contribution in [3.8, 4) is 11.5 Å². The van der Waals surface area contributed by atoms with E-state index in [1.165, 1.54) is 19.2 Å². The lowest BCUT2D eigenvalue weighted by Crippen LogP contribution is -2.69. The molecule has 54 heavy (non-hydrogen) atoms. The van der Waals surface area contributed by atoms with Crippen LogP contribution in [0, 0.1) is 0 Å². The second-order valence-corrected chi connectivity index (χ2v) is 13.0. The summed E-state index contributed by atoms with van der Waals surface area (Å²) < 4.78 is 27.7. The number of aliphatic carboxylic acids is 1. The number of carboxylic acids is 1. The average molecular weight is 761 g/mol. The lowest BCUT2D eigenvalue weighted by atomic mass is 9.88. The molecule has 18 nitrogen and oxygen atoms in total. The van der Waals surface area contributed by atoms with Crippen LogP contribution in [0.1, 0.15) is 12.0 Å². The van der Waals surface area contributed by atoms with Gasteiger partial charge in [0.2, 0.25) is 18.1 Å². The first-order chi connectivity index (χ1) is 25.7. The number of nitrogens with one attached hydrogen (secondary N) is 2. The van der Waals surface area contributed by atoms with Crippen LogP contribution in [0.2, 0.25) is 0 Å². The van der Waals surface area contributed by atoms with Gasteiger partial charge in [0.25, 0.3) is 5.79 Å². The highest BCUT2D eigenvalue weighted by molar-refractivity contribution is 5.85. The topological polar surface area (TPSA) is 283 Å². The van der Waals surface area contributed by atoms with E-state index in [-0.39, 0.29) is 12.2 Å². The van der Waals surface area contributed by atoms with Gasteiger partial charge in [0.15, 0.2) is 0 Å². The minimum absolute atomic E-state index is 0.0791. The molecule has 11 atom stereocenters. The molecule has 10 N–H and O–H groups in total. The standard InChI is InChI=1S/C36H44N2O16/c1-50-21-8-10-22(11-9-21)52-34-32(47)31(46)30(45)25(53-34)17-51-36(35(48)49)14-23(40)28(38-27(43)16-39)33(54-36)29(44)24(41)15-37-26(42)13-18-6-7-19-4-2-3-5-20(19)12-18/h2-12,23-25,28-34,39-41,44-47H,13-17H2,1H3,(H,37,42)(H,38,43)(H,48,49)/t23-,24+,25+,28+,29+,30-,31-,32+,33+,34+,36+/m0/s1. The third-order valence-electron chi connectivity index (χ3n) is 9.25. The summed E-state index contributed by atoms with van der Waals surface area (Å²) in [5.41, 5.74) is 0.669. The first-order valence-corrected chi connectivity index (χ1v) is 17.0. The number of carboxylic acid groups (broad SMARTS) is 1. The zero-order chi connectivity index (χ0) is 39.2. The van der Waals surface area contributed by atoms with Crippen LogP contribution in [0.3, 0.4) is 0 Å². The van der Waals surface area contributed by atoms with Crippen LogP contribution in [-0.4, -0.2) is 152 Å². The molecule has 3 aromatic rings. The number of hydrogen-bond donors (Lipinski definition) is 10. The van der Waals surface area contributed by atoms with Crippen molar-refractivity contribution < 1.29 is 78.9 Å². The molecule has 2 amide bonds. The number of methoxy groups -OCH3 is 1. The van der Waals surface area contributed by atoms with E-state index in [2.05, 4.69) is 10.6 Å². The van der Waals surface area contributed by atoms with E-state index in [4.69, 9.17) is 23.7 Å². The van der Waals surface area contributed by atoms with Gasteiger partial charge in [0.05, 0.1) is 38.4 Å². The number of carbonyl (C=O) groups excluding carboxylic acids is 2. The number of fused-ring (bicyclic) bond motifs is 1. The summed E-state index contributed by atoms with van der Waals surface area (Å²) in [7, 11) is 1.45. The number of amides is 2. The Labute approximate surface area is 308 Å². The summed E-state index contributed by atoms with van der Waals surface area (Å²) in [6.07, 6.45) is -17.2. The fourth-order valence-electron chi connectivity index (χ4n) is 6.26. The summed E-state index contributed by atoms with van der Waals surface area (Å²) in [6.45, 7) is -2.47. The van der Waals surface area contributed by atoms with Crippen LogP contribution >= 0.6 is 0 Å². The number of hydrogen-bond acceptors (Lipinski definition) is 15. The Hall–Kier alpha value is -4.47. The van der Waals surface area contributed by atoms with Gasteiger partial charge in [0.1, 0.15) is 54.7 Å². The minimum atomic E-state index is -2.82. The molecule has 2 heterocycles. The molecule has 2 aliphatic rings. The van der Waals surface area contributed by atoms with E-state index in [9.17, 15) is 55.2 Å². The highest BCUT2D eigenvalue weighted by atomic mass is 16.7. The van der Waals surface area contributed by atoms with Crippen LogP contribution in [-0.2, 0) is 35.0 Å². The van der Waals surface area contributed by atoms with Crippen molar-refractivity contribution in [1.29, 1.82) is 0 Å². The second-order valence-electron chi connectivity index (χ2n) is 13.0. The van der Waals surface area contributed by atoms with Crippen LogP contribution in [0.5, 0.6) is 11.5 Å². The molecular formula is C36H44N2O16. The Balaban J connectivity index is 1.28. The maximum atomic E-state index is 12.8. The minimum Gasteiger partial charge on any atom is -0.497 e. The van der Waals surface area contributed by atoms with Crippen molar-refractivity contribution in [3.63, 3.8) is 0 Å². The number of rotatable bonds is 15. The summed E-state index contributed by atoms with van der Waals surface area (Å²) in [4.78, 5) is 37.7. The Bertz CT molecular complexity index is 1750. The normalized spacial score (nSPS) is 29.5. The number of aliphatic hydroxyl groups excluding tert-OH is 7. The first kappa shape index (κ1) is 40.7. The predicted octanol–water partition coefficient (Wildman–Crippen LogP) is -2.46. The van der Waals surface area contributed by atoms with Gasteiger partial charge in [-0.2, -0.15) is 0 Å². The SMILES string of the molecule is COc1ccc(O[C@@H]2O[C@H](CO[C@]3(C(=O)O)C[C@H](O)[C@@H](NC(=O)CO)[C@H]([C@H](O)[C@H](O)CNC(=O)Cc4ccc5ccccc5c4)O3)[C@H](O)[C@H](O)[C@H]2O)cc1. The molecule has 3 aromatic carbocycles. The molecule has 0 aliphatic carbocycles. The number of benzene rings is 3. The van der Waals surface area contributed by atoms with E-state index in [0.29, 0.717) is 11.3 Å². The van der Waals surface area contributed by atoms with Crippen LogP contribution < -0.4 is 20.1 Å². The molecule has 0 unspecified atom stereocenters. The van der Waals surface area contributed by atoms with Crippen LogP contribution in [0.15, 0.2) is 66.7 Å². The quantitative estimate of drug-likeness (QED) is 0.0769. The number of ether oxygens (including phenoxy) is 5. The molecule has 0 radical (unpaired) electrons. The van der Waals surface area contributed by atoms with E-state index in [1.54, 1.807) is 18.2 Å². The molecule has 0 spiro atoms. The molecule has 2 aliphatic heterocycles. The Morgan fingerprint density at radius 3 is 2.26 bits per heavy atom. The van der Waals surface area contributed by atoms with Gasteiger partial charge in [-0.05, 0) is 40.6 Å². The third kappa shape index (κ3) is 9.42. The first-order valence-electron chi connectivity index (χ1n) is 17.0. The molecule has 18 heteroatoms. The number of carbonyl (C=O) groups is 3. The van der Waals surface area contributed by atoms with E-state index in [1.807, 2.05) is 36.4 Å². The Morgan fingerprint density at radius 1 is 0.907 bits per heavy atom. The van der Waals surface area contributed by atoms with Gasteiger partial charge in [-0.15, -0.1) is 0 Å². The van der Waals surface area contributed by atoms with Crippen molar-refractivity contribution in [2.75, 3.05) is 26.9 Å². The highest BCUT2D eigenvalue weighted by Gasteiger charge is 2.57. The fraction of sp³-hybridized carbons (Fsp3) is 0.472. The summed E-state index contributed by atoms with van der Waals surface area (Å²) in [5, 5.41) is 91.3. The van der Waals surface area contributed by atoms with Crippen LogP contribution in [0.4, 0.5) is 0 Å². The highest BCUT2D eigenvalue weighted by Crippen LogP contribution is 2.35. The van der Waals surface area contributed by atoms with Gasteiger partial charge in [-0.25, -0.2) is 4.79 Å². The zero-order valence-corrected chi connectivity index (χ0v) is 29.0. The average Bonchev–Trinajstić information content (AvgIpc) is 3.17. The summed E-state index contributed by atoms with van der Waals surface area (Å²) >= 11 is 0. The number of aliphatic hydroxyl groups is 7. The van der Waals surface area contributed by atoms with E-state index in [0.717, 1.165) is 10.8 Å². The fourth-order valence-corrected chi connectivity index (χ4v) is 6.26. The van der Waals surface area contributed by atoms with E-state index < -0.39 is 111 Å². The molecule has 0 saturated carbocycles. The molecule has 294 valence electrons. The van der Waals surface area contributed by atoms with Gasteiger partial charge in [-0.3, -0.25) is 9.59 Å². The molecule has 2 saturated heterocycles. The monoisotopic (exact) mass is 760 g/mol. The van der Waals surface area contributed by atoms with Gasteiger partial charge < -0.3 is 75.2 Å². The molecule has 0 aromatic heterocycles. The van der Waals surface area contributed by atoms with Gasteiger partial charge >= 0.3 is 5.97 Å². The van der Waals surface area contributed by atoms with E-state index >= 15 is 0 Å². The molecule has 2 fully saturated rings. The molecule has 5 rings (SSSR count). The molecular weight excluding hydrogens is 716 g/mol. The summed E-state index contributed by atoms with van der Waals surface area (Å²) in [5.74, 6) is -5.53. The van der Waals surface area contributed by atoms with Crippen molar-refractivity contribution >= 4 is 28.6 Å². The molecule has 0 bridgehead atoms. The lowest BCUT2D eigenvalue weighted by Gasteiger charge is -2.47. The summed E-state index contributed by atoms with van der Waals surface area (Å²) in [6, 6.07) is 17.4. The van der Waals surface area contributed by atoms with Crippen LogP contribution in [0.25, 0.3) is 10.8 Å². The van der Waals surface area contributed by atoms with Gasteiger partial charge in [-0.1, -0.05) is 42.5 Å². The van der Waals surface area contributed by atoms with Crippen molar-refractivity contribution in [2.24, 2.45) is 0 Å². The Morgan fingerprint density at radius 2 is 1.59 bits per heavy atom. The Kier molecular flexibility index (Phi) is 13.4. The smallest absolute Gasteiger partial charge is 0.364 e. The van der Waals surface area contributed by atoms with Crippen molar-refractivity contribution in [1.82, 2.24) is 10.6 Å². The lowest BCUT2D eigenvalue weighted by molar-refractivity contribution is -0.331. The van der Waals surface area contributed by atoms with Crippen molar-refractivity contribution in [3.05, 3.63) is 72.3 Å². The third-order valence-corrected chi connectivity index (χ3v) is 9.25. The van der Waals surface area contributed by atoms with Crippen molar-refractivity contribution in [2.45, 2.75) is 79.8 Å². The largest absolute Gasteiger partial charge is 0.497 e. The maximum absolute atomic E-state index is 12.8.